The van der Waals surface area contributed by atoms with Crippen LogP contribution in [0.2, 0.25) is 0 Å². The van der Waals surface area contributed by atoms with E-state index < -0.39 is 5.97 Å². The number of nitrogen functional groups attached to an aromatic ring is 1. The van der Waals surface area contributed by atoms with Crippen LogP contribution in [0.3, 0.4) is 0 Å². The quantitative estimate of drug-likeness (QED) is 0.346. The minimum Gasteiger partial charge on any atom is -0.465 e. The third kappa shape index (κ3) is 4.40. The second-order valence-corrected chi connectivity index (χ2v) is 7.22. The lowest BCUT2D eigenvalue weighted by atomic mass is 10.1. The van der Waals surface area contributed by atoms with E-state index >= 15 is 0 Å². The van der Waals surface area contributed by atoms with Gasteiger partial charge in [-0.3, -0.25) is 9.59 Å². The summed E-state index contributed by atoms with van der Waals surface area (Å²) in [5, 5.41) is 3.02. The van der Waals surface area contributed by atoms with Gasteiger partial charge in [0.1, 0.15) is 5.00 Å². The summed E-state index contributed by atoms with van der Waals surface area (Å²) in [6.07, 6.45) is 0. The smallest absolute Gasteiger partial charge is 0.341 e. The Labute approximate surface area is 153 Å². The molecule has 0 aliphatic carbocycles. The monoisotopic (exact) mass is 378 g/mol. The molecule has 8 heteroatoms. The Bertz CT molecular complexity index is 830. The summed E-state index contributed by atoms with van der Waals surface area (Å²) in [5.41, 5.74) is 7.18. The first-order valence-corrected chi connectivity index (χ1v) is 9.15. The van der Waals surface area contributed by atoms with Crippen molar-refractivity contribution >= 4 is 51.4 Å². The largest absolute Gasteiger partial charge is 0.465 e. The Hall–Kier alpha value is -2.32. The molecular weight excluding hydrogens is 360 g/mol. The van der Waals surface area contributed by atoms with E-state index in [1.807, 2.05) is 18.2 Å². The molecule has 0 aliphatic heterocycles. The summed E-state index contributed by atoms with van der Waals surface area (Å²) in [4.78, 5) is 37.2. The number of nitrogens with two attached hydrogens (primary N) is 1. The van der Waals surface area contributed by atoms with Crippen LogP contribution in [0.4, 0.5) is 10.7 Å². The number of carbonyl (C=O) groups is 3. The molecular formula is C17H18N2O4S2. The average molecular weight is 378 g/mol. The molecule has 132 valence electrons. The van der Waals surface area contributed by atoms with E-state index in [1.165, 1.54) is 25.8 Å². The number of esters is 1. The molecule has 0 saturated carbocycles. The van der Waals surface area contributed by atoms with Crippen LogP contribution in [0.1, 0.15) is 32.5 Å². The van der Waals surface area contributed by atoms with Crippen molar-refractivity contribution in [3.63, 3.8) is 0 Å². The van der Waals surface area contributed by atoms with Crippen LogP contribution in [-0.2, 0) is 9.53 Å². The number of methoxy groups -OCH3 is 1. The molecule has 6 nitrogen and oxygen atoms in total. The third-order valence-corrected chi connectivity index (χ3v) is 5.78. The van der Waals surface area contributed by atoms with Gasteiger partial charge in [-0.15, -0.1) is 23.1 Å². The molecule has 0 atom stereocenters. The van der Waals surface area contributed by atoms with Crippen LogP contribution in [0.25, 0.3) is 0 Å². The number of benzene rings is 1. The highest BCUT2D eigenvalue weighted by atomic mass is 32.2. The summed E-state index contributed by atoms with van der Waals surface area (Å²) < 4.78 is 4.76. The Morgan fingerprint density at radius 3 is 2.56 bits per heavy atom. The number of rotatable bonds is 6. The van der Waals surface area contributed by atoms with E-state index in [9.17, 15) is 14.4 Å². The molecule has 0 aliphatic rings. The van der Waals surface area contributed by atoms with Crippen molar-refractivity contribution in [1.29, 1.82) is 0 Å². The first kappa shape index (κ1) is 19.0. The topological polar surface area (TPSA) is 98.5 Å². The first-order chi connectivity index (χ1) is 11.8. The van der Waals surface area contributed by atoms with Gasteiger partial charge in [0.05, 0.1) is 23.3 Å². The van der Waals surface area contributed by atoms with Crippen LogP contribution in [0.15, 0.2) is 29.2 Å². The predicted molar refractivity (Wildman–Crippen MR) is 101 cm³/mol. The van der Waals surface area contributed by atoms with Crippen molar-refractivity contribution in [2.45, 2.75) is 18.7 Å². The third-order valence-electron chi connectivity index (χ3n) is 3.39. The number of nitrogens with one attached hydrogen (secondary N) is 1. The van der Waals surface area contributed by atoms with Gasteiger partial charge in [0.25, 0.3) is 0 Å². The second kappa shape index (κ2) is 8.17. The molecule has 0 fully saturated rings. The van der Waals surface area contributed by atoms with Crippen LogP contribution >= 0.6 is 23.1 Å². The highest BCUT2D eigenvalue weighted by Crippen LogP contribution is 2.34. The van der Waals surface area contributed by atoms with Crippen molar-refractivity contribution in [1.82, 2.24) is 0 Å². The minimum absolute atomic E-state index is 0.126. The molecule has 25 heavy (non-hydrogen) atoms. The Morgan fingerprint density at radius 2 is 1.96 bits per heavy atom. The summed E-state index contributed by atoms with van der Waals surface area (Å²) in [6.45, 7) is 3.08. The SMILES string of the molecule is COC(=O)c1c(NC(=O)CSc2ccccc2N)sc(C(C)=O)c1C. The zero-order chi connectivity index (χ0) is 18.6. The molecule has 3 N–H and O–H groups in total. The zero-order valence-electron chi connectivity index (χ0n) is 14.0. The second-order valence-electron chi connectivity index (χ2n) is 5.18. The van der Waals surface area contributed by atoms with Crippen molar-refractivity contribution in [3.05, 3.63) is 40.3 Å². The number of thiophene rings is 1. The number of ketones is 1. The number of amides is 1. The highest BCUT2D eigenvalue weighted by Gasteiger charge is 2.24. The molecule has 0 radical (unpaired) electrons. The molecule has 1 heterocycles. The van der Waals surface area contributed by atoms with Crippen LogP contribution in [0.5, 0.6) is 0 Å². The van der Waals surface area contributed by atoms with Crippen molar-refractivity contribution in [3.8, 4) is 0 Å². The average Bonchev–Trinajstić information content (AvgIpc) is 2.90. The maximum Gasteiger partial charge on any atom is 0.341 e. The normalized spacial score (nSPS) is 10.4. The Morgan fingerprint density at radius 1 is 1.28 bits per heavy atom. The molecule has 1 amide bonds. The maximum absolute atomic E-state index is 12.2. The molecule has 2 rings (SSSR count). The van der Waals surface area contributed by atoms with Crippen LogP contribution < -0.4 is 11.1 Å². The van der Waals surface area contributed by atoms with Gasteiger partial charge >= 0.3 is 5.97 Å². The van der Waals surface area contributed by atoms with Crippen LogP contribution in [0, 0.1) is 6.92 Å². The van der Waals surface area contributed by atoms with Crippen molar-refractivity contribution < 1.29 is 19.1 Å². The van der Waals surface area contributed by atoms with E-state index in [2.05, 4.69) is 5.32 Å². The summed E-state index contributed by atoms with van der Waals surface area (Å²) in [6, 6.07) is 7.25. The van der Waals surface area contributed by atoms with E-state index in [1.54, 1.807) is 13.0 Å². The van der Waals surface area contributed by atoms with Gasteiger partial charge in [0.2, 0.25) is 5.91 Å². The number of hydrogen-bond donors (Lipinski definition) is 2. The lowest BCUT2D eigenvalue weighted by Gasteiger charge is -2.07. The number of ether oxygens (including phenoxy) is 1. The molecule has 0 bridgehead atoms. The lowest BCUT2D eigenvalue weighted by Crippen LogP contribution is -2.16. The molecule has 1 aromatic heterocycles. The fourth-order valence-corrected chi connectivity index (χ4v) is 4.08. The number of thioether (sulfide) groups is 1. The molecule has 2 aromatic rings. The fourth-order valence-electron chi connectivity index (χ4n) is 2.20. The van der Waals surface area contributed by atoms with Gasteiger partial charge in [0.15, 0.2) is 5.78 Å². The summed E-state index contributed by atoms with van der Waals surface area (Å²) >= 11 is 2.37. The van der Waals surface area contributed by atoms with Gasteiger partial charge in [-0.2, -0.15) is 0 Å². The standard InChI is InChI=1S/C17H18N2O4S2/c1-9-14(17(22)23-3)16(25-15(9)10(2)20)19-13(21)8-24-12-7-5-4-6-11(12)18/h4-7H,8,18H2,1-3H3,(H,19,21). The van der Waals surface area contributed by atoms with Crippen molar-refractivity contribution in [2.75, 3.05) is 23.9 Å². The number of carbonyl (C=O) groups excluding carboxylic acids is 3. The summed E-state index contributed by atoms with van der Waals surface area (Å²) in [5.74, 6) is -0.924. The molecule has 0 unspecified atom stereocenters. The number of anilines is 2. The fraction of sp³-hybridized carbons (Fsp3) is 0.235. The minimum atomic E-state index is -0.587. The Balaban J connectivity index is 2.17. The van der Waals surface area contributed by atoms with Gasteiger partial charge in [-0.25, -0.2) is 4.79 Å². The van der Waals surface area contributed by atoms with Crippen molar-refractivity contribution in [2.24, 2.45) is 0 Å². The first-order valence-electron chi connectivity index (χ1n) is 7.35. The van der Waals surface area contributed by atoms with Crippen LogP contribution in [-0.4, -0.2) is 30.5 Å². The highest BCUT2D eigenvalue weighted by molar-refractivity contribution is 8.00. The number of hydrogen-bond acceptors (Lipinski definition) is 7. The lowest BCUT2D eigenvalue weighted by molar-refractivity contribution is -0.113. The number of para-hydroxylation sites is 1. The molecule has 0 spiro atoms. The molecule has 1 aromatic carbocycles. The van der Waals surface area contributed by atoms with Gasteiger partial charge in [-0.05, 0) is 31.5 Å². The van der Waals surface area contributed by atoms with Gasteiger partial charge in [-0.1, -0.05) is 12.1 Å². The zero-order valence-corrected chi connectivity index (χ0v) is 15.7. The van der Waals surface area contributed by atoms with E-state index in [0.717, 1.165) is 16.2 Å². The maximum atomic E-state index is 12.2. The van der Waals surface area contributed by atoms with Gasteiger partial charge in [0, 0.05) is 10.6 Å². The van der Waals surface area contributed by atoms with Gasteiger partial charge < -0.3 is 15.8 Å². The predicted octanol–water partition coefficient (Wildman–Crippen LogP) is 3.36. The van der Waals surface area contributed by atoms with E-state index in [4.69, 9.17) is 10.5 Å². The Kier molecular flexibility index (Phi) is 6.22. The molecule has 0 saturated heterocycles. The number of Topliss-reactive ketones (excluding diaryl/α,β-unsaturated/α-hetero) is 1. The van der Waals surface area contributed by atoms with E-state index in [0.29, 0.717) is 21.1 Å². The summed E-state index contributed by atoms with van der Waals surface area (Å²) in [7, 11) is 1.26. The van der Waals surface area contributed by atoms with E-state index in [-0.39, 0.29) is 23.0 Å².